The van der Waals surface area contributed by atoms with Crippen molar-refractivity contribution in [3.8, 4) is 22.5 Å². The minimum absolute atomic E-state index is 0.0793. The van der Waals surface area contributed by atoms with Crippen LogP contribution in [0.5, 0.6) is 0 Å². The smallest absolute Gasteiger partial charge is 0.253 e. The lowest BCUT2D eigenvalue weighted by Gasteiger charge is -2.23. The SMILES string of the molecule is Nc1ncnn2c(-c3ccc4ncn(CC5CC5(F)F)c4c3)cc(-c3cnnn3C3CCOCC3)c12. The Kier molecular flexibility index (Phi) is 4.62. The van der Waals surface area contributed by atoms with Crippen LogP contribution in [0.15, 0.2) is 43.1 Å². The van der Waals surface area contributed by atoms with E-state index in [2.05, 4.69) is 25.4 Å². The molecule has 2 fully saturated rings. The summed E-state index contributed by atoms with van der Waals surface area (Å²) >= 11 is 0. The number of hydrogen-bond donors (Lipinski definition) is 1. The largest absolute Gasteiger partial charge is 0.382 e. The van der Waals surface area contributed by atoms with Gasteiger partial charge in [-0.2, -0.15) is 5.10 Å². The van der Waals surface area contributed by atoms with E-state index in [1.807, 2.05) is 28.9 Å². The van der Waals surface area contributed by atoms with Gasteiger partial charge in [-0.25, -0.2) is 27.9 Å². The number of hydrogen-bond acceptors (Lipinski definition) is 7. The third kappa shape index (κ3) is 3.35. The molecule has 1 aliphatic heterocycles. The zero-order valence-corrected chi connectivity index (χ0v) is 19.3. The maximum absolute atomic E-state index is 13.6. The summed E-state index contributed by atoms with van der Waals surface area (Å²) in [6.45, 7) is 1.59. The molecule has 1 unspecified atom stereocenters. The number of nitrogens with zero attached hydrogens (tertiary/aromatic N) is 8. The van der Waals surface area contributed by atoms with E-state index < -0.39 is 11.8 Å². The number of ether oxygens (including phenoxy) is 1. The van der Waals surface area contributed by atoms with Gasteiger partial charge in [-0.1, -0.05) is 11.3 Å². The van der Waals surface area contributed by atoms with Gasteiger partial charge in [0.05, 0.1) is 41.0 Å². The first-order valence-electron chi connectivity index (χ1n) is 11.9. The van der Waals surface area contributed by atoms with Crippen molar-refractivity contribution in [2.24, 2.45) is 5.92 Å². The maximum Gasteiger partial charge on any atom is 0.253 e. The van der Waals surface area contributed by atoms with Crippen LogP contribution in [-0.2, 0) is 11.3 Å². The Morgan fingerprint density at radius 3 is 2.75 bits per heavy atom. The van der Waals surface area contributed by atoms with Crippen LogP contribution < -0.4 is 5.73 Å². The number of imidazole rings is 1. The van der Waals surface area contributed by atoms with Crippen LogP contribution in [0.2, 0.25) is 0 Å². The number of anilines is 1. The van der Waals surface area contributed by atoms with E-state index in [-0.39, 0.29) is 19.0 Å². The molecular weight excluding hydrogens is 468 g/mol. The van der Waals surface area contributed by atoms with Crippen molar-refractivity contribution in [3.63, 3.8) is 0 Å². The van der Waals surface area contributed by atoms with Gasteiger partial charge < -0.3 is 15.0 Å². The predicted molar refractivity (Wildman–Crippen MR) is 127 cm³/mol. The molecule has 1 aliphatic carbocycles. The van der Waals surface area contributed by atoms with E-state index in [9.17, 15) is 8.78 Å². The van der Waals surface area contributed by atoms with Crippen LogP contribution in [0.1, 0.15) is 25.3 Å². The molecule has 12 heteroatoms. The summed E-state index contributed by atoms with van der Waals surface area (Å²) in [5.41, 5.74) is 11.8. The lowest BCUT2D eigenvalue weighted by atomic mass is 10.1. The summed E-state index contributed by atoms with van der Waals surface area (Å²) in [5, 5.41) is 13.1. The second-order valence-corrected chi connectivity index (χ2v) is 9.52. The van der Waals surface area contributed by atoms with Crippen molar-refractivity contribution < 1.29 is 13.5 Å². The molecule has 0 spiro atoms. The minimum atomic E-state index is -2.59. The van der Waals surface area contributed by atoms with Gasteiger partial charge in [0.25, 0.3) is 5.92 Å². The molecule has 1 saturated carbocycles. The number of halogens is 2. The van der Waals surface area contributed by atoms with Crippen molar-refractivity contribution in [1.29, 1.82) is 0 Å². The van der Waals surface area contributed by atoms with E-state index in [4.69, 9.17) is 10.5 Å². The summed E-state index contributed by atoms with van der Waals surface area (Å²) < 4.78 is 38.1. The second-order valence-electron chi connectivity index (χ2n) is 9.52. The van der Waals surface area contributed by atoms with Crippen LogP contribution >= 0.6 is 0 Å². The minimum Gasteiger partial charge on any atom is -0.382 e. The third-order valence-electron chi connectivity index (χ3n) is 7.26. The van der Waals surface area contributed by atoms with Gasteiger partial charge in [-0.15, -0.1) is 5.10 Å². The van der Waals surface area contributed by atoms with Crippen molar-refractivity contribution in [1.82, 2.24) is 39.1 Å². The lowest BCUT2D eigenvalue weighted by molar-refractivity contribution is 0.0662. The molecule has 0 radical (unpaired) electrons. The number of aromatic nitrogens is 8. The van der Waals surface area contributed by atoms with Crippen LogP contribution in [0, 0.1) is 5.92 Å². The van der Waals surface area contributed by atoms with E-state index in [0.717, 1.165) is 46.4 Å². The van der Waals surface area contributed by atoms with Gasteiger partial charge in [0.15, 0.2) is 5.82 Å². The summed E-state index contributed by atoms with van der Waals surface area (Å²) in [6.07, 6.45) is 6.40. The fourth-order valence-corrected chi connectivity index (χ4v) is 5.17. The molecule has 7 rings (SSSR count). The van der Waals surface area contributed by atoms with Crippen LogP contribution in [-0.4, -0.2) is 58.3 Å². The molecule has 4 aromatic heterocycles. The molecule has 1 saturated heterocycles. The van der Waals surface area contributed by atoms with E-state index >= 15 is 0 Å². The third-order valence-corrected chi connectivity index (χ3v) is 7.26. The highest BCUT2D eigenvalue weighted by Gasteiger charge is 2.56. The molecule has 0 amide bonds. The number of rotatable bonds is 5. The Bertz CT molecular complexity index is 1600. The molecular formula is C24H23F2N9O. The van der Waals surface area contributed by atoms with Crippen molar-refractivity contribution in [2.45, 2.75) is 37.8 Å². The molecule has 1 aromatic carbocycles. The highest BCUT2D eigenvalue weighted by Crippen LogP contribution is 2.49. The van der Waals surface area contributed by atoms with Gasteiger partial charge in [0, 0.05) is 43.2 Å². The fourth-order valence-electron chi connectivity index (χ4n) is 5.17. The quantitative estimate of drug-likeness (QED) is 0.400. The summed E-state index contributed by atoms with van der Waals surface area (Å²) in [7, 11) is 0. The van der Waals surface area contributed by atoms with Gasteiger partial charge in [0.2, 0.25) is 0 Å². The molecule has 0 bridgehead atoms. The van der Waals surface area contributed by atoms with E-state index in [0.29, 0.717) is 24.5 Å². The van der Waals surface area contributed by atoms with Crippen molar-refractivity contribution >= 4 is 22.4 Å². The molecule has 184 valence electrons. The number of fused-ring (bicyclic) bond motifs is 2. The highest BCUT2D eigenvalue weighted by molar-refractivity contribution is 5.92. The van der Waals surface area contributed by atoms with Gasteiger partial charge in [-0.3, -0.25) is 0 Å². The van der Waals surface area contributed by atoms with Gasteiger partial charge in [-0.05, 0) is 31.0 Å². The maximum atomic E-state index is 13.6. The lowest BCUT2D eigenvalue weighted by Crippen LogP contribution is -2.21. The van der Waals surface area contributed by atoms with E-state index in [1.54, 1.807) is 21.6 Å². The number of alkyl halides is 2. The summed E-state index contributed by atoms with van der Waals surface area (Å²) in [5.74, 6) is -2.89. The van der Waals surface area contributed by atoms with Crippen LogP contribution in [0.3, 0.4) is 0 Å². The van der Waals surface area contributed by atoms with E-state index in [1.165, 1.54) is 6.33 Å². The highest BCUT2D eigenvalue weighted by atomic mass is 19.3. The Balaban J connectivity index is 1.36. The Labute approximate surface area is 203 Å². The molecule has 36 heavy (non-hydrogen) atoms. The molecule has 10 nitrogen and oxygen atoms in total. The van der Waals surface area contributed by atoms with Crippen molar-refractivity contribution in [3.05, 3.63) is 43.1 Å². The molecule has 2 N–H and O–H groups in total. The summed E-state index contributed by atoms with van der Waals surface area (Å²) in [4.78, 5) is 8.63. The Morgan fingerprint density at radius 2 is 1.94 bits per heavy atom. The Hall–Kier alpha value is -3.93. The molecule has 5 aromatic rings. The molecule has 5 heterocycles. The second kappa shape index (κ2) is 7.79. The van der Waals surface area contributed by atoms with Crippen LogP contribution in [0.25, 0.3) is 39.1 Å². The first kappa shape index (κ1) is 21.4. The number of nitrogens with two attached hydrogens (primary N) is 1. The number of benzene rings is 1. The average molecular weight is 492 g/mol. The average Bonchev–Trinajstić information content (AvgIpc) is 3.34. The first-order valence-corrected chi connectivity index (χ1v) is 11.9. The zero-order valence-electron chi connectivity index (χ0n) is 19.3. The molecule has 2 aliphatic rings. The van der Waals surface area contributed by atoms with Crippen molar-refractivity contribution in [2.75, 3.05) is 18.9 Å². The van der Waals surface area contributed by atoms with Crippen LogP contribution in [0.4, 0.5) is 14.6 Å². The summed E-state index contributed by atoms with van der Waals surface area (Å²) in [6, 6.07) is 7.98. The predicted octanol–water partition coefficient (Wildman–Crippen LogP) is 3.59. The molecule has 1 atom stereocenters. The Morgan fingerprint density at radius 1 is 1.11 bits per heavy atom. The normalized spacial score (nSPS) is 19.9. The topological polar surface area (TPSA) is 114 Å². The first-order chi connectivity index (χ1) is 17.5. The zero-order chi connectivity index (χ0) is 24.4. The van der Waals surface area contributed by atoms with Gasteiger partial charge >= 0.3 is 0 Å². The fraction of sp³-hybridized carbons (Fsp3) is 0.375. The standard InChI is InChI=1S/C24H23F2N9O/c25-24(26)9-15(24)11-33-13-29-18-2-1-14(7-20(18)33)19-8-17(22-23(27)28-12-31-35(19)22)21-10-30-32-34(21)16-3-5-36-6-4-16/h1-2,7-8,10,12-13,15-16H,3-6,9,11H2,(H2,27,28,31). The monoisotopic (exact) mass is 491 g/mol. The number of nitrogen functional groups attached to an aromatic ring is 1. The van der Waals surface area contributed by atoms with Gasteiger partial charge in [0.1, 0.15) is 11.8 Å².